The zero-order valence-corrected chi connectivity index (χ0v) is 12.8. The van der Waals surface area contributed by atoms with Gasteiger partial charge in [0, 0.05) is 12.6 Å². The summed E-state index contributed by atoms with van der Waals surface area (Å²) in [5, 5.41) is 0. The number of piperidine rings is 1. The third kappa shape index (κ3) is 3.83. The Kier molecular flexibility index (Phi) is 4.91. The van der Waals surface area contributed by atoms with Crippen molar-refractivity contribution in [3.05, 3.63) is 35.6 Å². The number of hydrogen-bond donors (Lipinski definition) is 1. The van der Waals surface area contributed by atoms with Crippen molar-refractivity contribution in [3.8, 4) is 0 Å². The molecule has 2 nitrogen and oxygen atoms in total. The molecular weight excluding hydrogens is 263 g/mol. The maximum absolute atomic E-state index is 13.2. The van der Waals surface area contributed by atoms with Crippen LogP contribution in [0.15, 0.2) is 24.3 Å². The molecule has 116 valence electrons. The molecule has 1 aromatic carbocycles. The Labute approximate surface area is 127 Å². The van der Waals surface area contributed by atoms with Crippen molar-refractivity contribution in [1.29, 1.82) is 0 Å². The van der Waals surface area contributed by atoms with E-state index >= 15 is 0 Å². The van der Waals surface area contributed by atoms with E-state index in [2.05, 4.69) is 4.90 Å². The molecule has 3 unspecified atom stereocenters. The van der Waals surface area contributed by atoms with E-state index in [0.29, 0.717) is 0 Å². The van der Waals surface area contributed by atoms with E-state index in [4.69, 9.17) is 5.73 Å². The highest BCUT2D eigenvalue weighted by Crippen LogP contribution is 2.36. The second-order valence-electron chi connectivity index (χ2n) is 6.84. The van der Waals surface area contributed by atoms with Crippen LogP contribution in [0.1, 0.15) is 50.1 Å². The first kappa shape index (κ1) is 15.0. The van der Waals surface area contributed by atoms with Gasteiger partial charge in [0.05, 0.1) is 0 Å². The molecule has 21 heavy (non-hydrogen) atoms. The predicted octanol–water partition coefficient (Wildman–Crippen LogP) is 3.73. The van der Waals surface area contributed by atoms with E-state index in [1.807, 2.05) is 6.07 Å². The fraction of sp³-hybridized carbons (Fsp3) is 0.667. The molecule has 3 rings (SSSR count). The zero-order valence-electron chi connectivity index (χ0n) is 12.8. The van der Waals surface area contributed by atoms with Gasteiger partial charge in [0.1, 0.15) is 5.82 Å². The Hall–Kier alpha value is -0.930. The van der Waals surface area contributed by atoms with Crippen LogP contribution in [0, 0.1) is 17.7 Å². The van der Waals surface area contributed by atoms with Gasteiger partial charge in [0.25, 0.3) is 0 Å². The quantitative estimate of drug-likeness (QED) is 0.915. The molecule has 1 heterocycles. The molecule has 1 saturated heterocycles. The molecule has 1 aromatic rings. The highest BCUT2D eigenvalue weighted by atomic mass is 19.1. The summed E-state index contributed by atoms with van der Waals surface area (Å²) in [6, 6.07) is 6.67. The lowest BCUT2D eigenvalue weighted by atomic mass is 9.75. The summed E-state index contributed by atoms with van der Waals surface area (Å²) in [6.07, 6.45) is 7.99. The van der Waals surface area contributed by atoms with Gasteiger partial charge in [-0.15, -0.1) is 0 Å². The van der Waals surface area contributed by atoms with Crippen LogP contribution in [-0.2, 0) is 0 Å². The Morgan fingerprint density at radius 3 is 2.81 bits per heavy atom. The summed E-state index contributed by atoms with van der Waals surface area (Å²) in [7, 11) is 0. The van der Waals surface area contributed by atoms with E-state index in [9.17, 15) is 4.39 Å². The van der Waals surface area contributed by atoms with Gasteiger partial charge in [-0.25, -0.2) is 4.39 Å². The van der Waals surface area contributed by atoms with Crippen molar-refractivity contribution < 1.29 is 4.39 Å². The smallest absolute Gasteiger partial charge is 0.123 e. The molecule has 0 aromatic heterocycles. The van der Waals surface area contributed by atoms with Crippen LogP contribution in [0.3, 0.4) is 0 Å². The summed E-state index contributed by atoms with van der Waals surface area (Å²) >= 11 is 0. The summed E-state index contributed by atoms with van der Waals surface area (Å²) < 4.78 is 13.2. The average molecular weight is 290 g/mol. The molecular formula is C18H27FN2. The summed E-state index contributed by atoms with van der Waals surface area (Å²) in [4.78, 5) is 2.58. The normalized spacial score (nSPS) is 28.1. The molecule has 1 aliphatic carbocycles. The number of nitrogens with zero attached hydrogens (tertiary/aromatic N) is 1. The number of hydrogen-bond acceptors (Lipinski definition) is 2. The fourth-order valence-electron chi connectivity index (χ4n) is 4.10. The lowest BCUT2D eigenvalue weighted by molar-refractivity contribution is 0.0848. The molecule has 3 heteroatoms. The van der Waals surface area contributed by atoms with Gasteiger partial charge in [-0.1, -0.05) is 31.4 Å². The highest BCUT2D eigenvalue weighted by Gasteiger charge is 2.30. The van der Waals surface area contributed by atoms with Crippen molar-refractivity contribution >= 4 is 0 Å². The molecule has 2 N–H and O–H groups in total. The van der Waals surface area contributed by atoms with Crippen LogP contribution in [0.4, 0.5) is 4.39 Å². The number of nitrogens with two attached hydrogens (primary N) is 1. The molecule has 3 atom stereocenters. The van der Waals surface area contributed by atoms with E-state index in [1.54, 1.807) is 12.1 Å². The molecule has 1 saturated carbocycles. The second-order valence-corrected chi connectivity index (χ2v) is 6.84. The number of likely N-dealkylation sites (tertiary alicyclic amines) is 1. The molecule has 2 aliphatic rings. The Balaban J connectivity index is 1.49. The van der Waals surface area contributed by atoms with Crippen LogP contribution in [0.2, 0.25) is 0 Å². The minimum absolute atomic E-state index is 0.0511. The van der Waals surface area contributed by atoms with Gasteiger partial charge in [-0.3, -0.25) is 0 Å². The number of benzene rings is 1. The maximum atomic E-state index is 13.2. The van der Waals surface area contributed by atoms with Crippen LogP contribution >= 0.6 is 0 Å². The topological polar surface area (TPSA) is 29.3 Å². The van der Waals surface area contributed by atoms with Crippen molar-refractivity contribution in [3.63, 3.8) is 0 Å². The highest BCUT2D eigenvalue weighted by molar-refractivity contribution is 5.19. The second kappa shape index (κ2) is 6.89. The van der Waals surface area contributed by atoms with Crippen molar-refractivity contribution in [2.75, 3.05) is 19.6 Å². The van der Waals surface area contributed by atoms with Crippen LogP contribution in [-0.4, -0.2) is 24.5 Å². The molecule has 2 fully saturated rings. The predicted molar refractivity (Wildman–Crippen MR) is 84.5 cm³/mol. The largest absolute Gasteiger partial charge is 0.324 e. The molecule has 0 amide bonds. The minimum Gasteiger partial charge on any atom is -0.324 e. The third-order valence-corrected chi connectivity index (χ3v) is 5.41. The van der Waals surface area contributed by atoms with Gasteiger partial charge in [-0.2, -0.15) is 0 Å². The number of fused-ring (bicyclic) bond motifs is 1. The van der Waals surface area contributed by atoms with Crippen molar-refractivity contribution in [2.45, 2.75) is 44.6 Å². The lowest BCUT2D eigenvalue weighted by Gasteiger charge is -2.41. The first-order valence-electron chi connectivity index (χ1n) is 8.46. The van der Waals surface area contributed by atoms with E-state index < -0.39 is 0 Å². The SMILES string of the molecule is NC(CCN1CCC2CCCCC2C1)c1cccc(F)c1. The van der Waals surface area contributed by atoms with Crippen LogP contribution < -0.4 is 5.73 Å². The van der Waals surface area contributed by atoms with Crippen LogP contribution in [0.5, 0.6) is 0 Å². The minimum atomic E-state index is -0.189. The van der Waals surface area contributed by atoms with Crippen molar-refractivity contribution in [2.24, 2.45) is 17.6 Å². The van der Waals surface area contributed by atoms with Gasteiger partial charge in [-0.05, 0) is 61.9 Å². The first-order chi connectivity index (χ1) is 10.2. The average Bonchev–Trinajstić information content (AvgIpc) is 2.52. The van der Waals surface area contributed by atoms with Gasteiger partial charge >= 0.3 is 0 Å². The summed E-state index contributed by atoms with van der Waals surface area (Å²) in [5.41, 5.74) is 7.14. The van der Waals surface area contributed by atoms with Gasteiger partial charge in [0.2, 0.25) is 0 Å². The Morgan fingerprint density at radius 1 is 1.19 bits per heavy atom. The maximum Gasteiger partial charge on any atom is 0.123 e. The standard InChI is InChI=1S/C18H27FN2/c19-17-7-3-6-15(12-17)18(20)9-11-21-10-8-14-4-1-2-5-16(14)13-21/h3,6-7,12,14,16,18H,1-2,4-5,8-11,13,20H2. The van der Waals surface area contributed by atoms with Gasteiger partial charge < -0.3 is 10.6 Å². The third-order valence-electron chi connectivity index (χ3n) is 5.41. The van der Waals surface area contributed by atoms with Crippen LogP contribution in [0.25, 0.3) is 0 Å². The summed E-state index contributed by atoms with van der Waals surface area (Å²) in [6.45, 7) is 3.51. The zero-order chi connectivity index (χ0) is 14.7. The van der Waals surface area contributed by atoms with E-state index in [-0.39, 0.29) is 11.9 Å². The summed E-state index contributed by atoms with van der Waals surface area (Å²) in [5.74, 6) is 1.70. The monoisotopic (exact) mass is 290 g/mol. The Bertz CT molecular complexity index is 462. The molecule has 0 spiro atoms. The van der Waals surface area contributed by atoms with E-state index in [0.717, 1.165) is 30.4 Å². The number of rotatable bonds is 4. The van der Waals surface area contributed by atoms with Crippen molar-refractivity contribution in [1.82, 2.24) is 4.90 Å². The first-order valence-corrected chi connectivity index (χ1v) is 8.46. The van der Waals surface area contributed by atoms with E-state index in [1.165, 1.54) is 51.3 Å². The van der Waals surface area contributed by atoms with Gasteiger partial charge in [0.15, 0.2) is 0 Å². The Morgan fingerprint density at radius 2 is 2.00 bits per heavy atom. The number of halogens is 1. The molecule has 0 bridgehead atoms. The lowest BCUT2D eigenvalue weighted by Crippen LogP contribution is -2.42. The fourth-order valence-corrected chi connectivity index (χ4v) is 4.10. The molecule has 1 aliphatic heterocycles. The molecule has 0 radical (unpaired) electrons.